The van der Waals surface area contributed by atoms with Gasteiger partial charge in [-0.3, -0.25) is 9.69 Å². The van der Waals surface area contributed by atoms with Gasteiger partial charge in [-0.25, -0.2) is 0 Å². The van der Waals surface area contributed by atoms with Crippen LogP contribution >= 0.6 is 0 Å². The van der Waals surface area contributed by atoms with Crippen molar-refractivity contribution >= 4 is 5.91 Å². The van der Waals surface area contributed by atoms with Gasteiger partial charge in [0.05, 0.1) is 18.4 Å². The first kappa shape index (κ1) is 20.9. The van der Waals surface area contributed by atoms with Gasteiger partial charge in [0.1, 0.15) is 6.26 Å². The molecule has 5 rings (SSSR count). The summed E-state index contributed by atoms with van der Waals surface area (Å²) < 4.78 is 10.9. The minimum Gasteiger partial charge on any atom is -0.472 e. The van der Waals surface area contributed by atoms with Gasteiger partial charge >= 0.3 is 0 Å². The number of aromatic nitrogens is 2. The molecule has 168 valence electrons. The molecule has 7 nitrogen and oxygen atoms in total. The summed E-state index contributed by atoms with van der Waals surface area (Å²) in [6.45, 7) is 4.03. The maximum Gasteiger partial charge on any atom is 0.250 e. The van der Waals surface area contributed by atoms with E-state index in [0.29, 0.717) is 24.2 Å². The smallest absolute Gasteiger partial charge is 0.250 e. The zero-order chi connectivity index (χ0) is 21.8. The summed E-state index contributed by atoms with van der Waals surface area (Å²) in [5.41, 5.74) is 2.21. The highest BCUT2D eigenvalue weighted by Crippen LogP contribution is 2.29. The highest BCUT2D eigenvalue weighted by Gasteiger charge is 2.28. The van der Waals surface area contributed by atoms with Crippen LogP contribution in [0.25, 0.3) is 11.5 Å². The van der Waals surface area contributed by atoms with Gasteiger partial charge in [0.25, 0.3) is 5.89 Å². The summed E-state index contributed by atoms with van der Waals surface area (Å²) >= 11 is 0. The third-order valence-electron chi connectivity index (χ3n) is 6.84. The van der Waals surface area contributed by atoms with Gasteiger partial charge < -0.3 is 13.7 Å². The van der Waals surface area contributed by atoms with Crippen molar-refractivity contribution in [2.24, 2.45) is 5.92 Å². The molecular weight excluding hydrogens is 404 g/mol. The van der Waals surface area contributed by atoms with Gasteiger partial charge in [0, 0.05) is 19.0 Å². The topological polar surface area (TPSA) is 75.6 Å². The molecule has 2 aliphatic heterocycles. The highest BCUT2D eigenvalue weighted by atomic mass is 16.4. The lowest BCUT2D eigenvalue weighted by molar-refractivity contribution is -0.134. The third-order valence-corrected chi connectivity index (χ3v) is 6.84. The molecule has 0 bridgehead atoms. The van der Waals surface area contributed by atoms with Crippen LogP contribution in [-0.2, 0) is 11.2 Å². The van der Waals surface area contributed by atoms with Crippen molar-refractivity contribution in [1.29, 1.82) is 0 Å². The number of likely N-dealkylation sites (tertiary alicyclic amines) is 2. The molecule has 2 saturated heterocycles. The Morgan fingerprint density at radius 3 is 2.47 bits per heavy atom. The summed E-state index contributed by atoms with van der Waals surface area (Å²) in [4.78, 5) is 17.2. The van der Waals surface area contributed by atoms with Crippen LogP contribution in [0.5, 0.6) is 0 Å². The normalized spacial score (nSPS) is 18.8. The maximum absolute atomic E-state index is 12.9. The monoisotopic (exact) mass is 434 g/mol. The maximum atomic E-state index is 12.9. The molecule has 0 N–H and O–H groups in total. The van der Waals surface area contributed by atoms with Crippen molar-refractivity contribution < 1.29 is 13.6 Å². The van der Waals surface area contributed by atoms with Crippen LogP contribution in [-0.4, -0.2) is 58.6 Å². The number of nitrogens with zero attached hydrogens (tertiary/aromatic N) is 4. The second-order valence-electron chi connectivity index (χ2n) is 9.02. The minimum atomic E-state index is 0.253. The Morgan fingerprint density at radius 1 is 0.969 bits per heavy atom. The van der Waals surface area contributed by atoms with Gasteiger partial charge in [-0.05, 0) is 62.7 Å². The number of carbonyl (C=O) groups is 1. The predicted molar refractivity (Wildman–Crippen MR) is 120 cm³/mol. The van der Waals surface area contributed by atoms with Crippen molar-refractivity contribution in [2.75, 3.05) is 32.7 Å². The van der Waals surface area contributed by atoms with Crippen molar-refractivity contribution in [3.05, 3.63) is 60.4 Å². The number of carbonyl (C=O) groups excluding carboxylic acids is 1. The first-order valence-electron chi connectivity index (χ1n) is 11.6. The number of amides is 1. The summed E-state index contributed by atoms with van der Waals surface area (Å²) in [7, 11) is 0. The summed E-state index contributed by atoms with van der Waals surface area (Å²) in [5, 5.41) is 8.38. The van der Waals surface area contributed by atoms with Crippen molar-refractivity contribution in [3.63, 3.8) is 0 Å². The largest absolute Gasteiger partial charge is 0.472 e. The number of piperidine rings is 2. The van der Waals surface area contributed by atoms with Crippen LogP contribution in [0.2, 0.25) is 0 Å². The van der Waals surface area contributed by atoms with Gasteiger partial charge in [-0.1, -0.05) is 30.3 Å². The molecule has 0 atom stereocenters. The number of hydrogen-bond donors (Lipinski definition) is 0. The van der Waals surface area contributed by atoms with Crippen LogP contribution in [0.15, 0.2) is 57.8 Å². The molecule has 2 aromatic heterocycles. The third kappa shape index (κ3) is 4.93. The average molecular weight is 435 g/mol. The molecule has 2 fully saturated rings. The molecule has 2 aliphatic rings. The molecular formula is C25H30N4O3. The number of hydrogen-bond acceptors (Lipinski definition) is 6. The SMILES string of the molecule is O=C(CN1CCC(c2nnc(-c3ccoc3)o2)CC1)N1CCC(Cc2ccccc2)CC1. The molecule has 1 amide bonds. The molecule has 0 unspecified atom stereocenters. The molecule has 3 aromatic rings. The first-order valence-corrected chi connectivity index (χ1v) is 11.6. The molecule has 0 aliphatic carbocycles. The zero-order valence-corrected chi connectivity index (χ0v) is 18.4. The summed E-state index contributed by atoms with van der Waals surface area (Å²) in [6, 6.07) is 12.5. The van der Waals surface area contributed by atoms with E-state index in [9.17, 15) is 4.79 Å². The van der Waals surface area contributed by atoms with Gasteiger partial charge in [-0.15, -0.1) is 10.2 Å². The fraction of sp³-hybridized carbons (Fsp3) is 0.480. The second kappa shape index (κ2) is 9.69. The molecule has 1 aromatic carbocycles. The van der Waals surface area contributed by atoms with E-state index in [0.717, 1.165) is 63.8 Å². The van der Waals surface area contributed by atoms with E-state index in [1.54, 1.807) is 12.5 Å². The van der Waals surface area contributed by atoms with Crippen molar-refractivity contribution in [3.8, 4) is 11.5 Å². The molecule has 0 radical (unpaired) electrons. The Morgan fingerprint density at radius 2 is 1.75 bits per heavy atom. The van der Waals surface area contributed by atoms with Gasteiger partial charge in [-0.2, -0.15) is 0 Å². The van der Waals surface area contributed by atoms with E-state index in [1.165, 1.54) is 5.56 Å². The summed E-state index contributed by atoms with van der Waals surface area (Å²) in [6.07, 6.45) is 8.38. The van der Waals surface area contributed by atoms with E-state index in [-0.39, 0.29) is 11.8 Å². The molecule has 4 heterocycles. The van der Waals surface area contributed by atoms with E-state index < -0.39 is 0 Å². The Kier molecular flexibility index (Phi) is 6.34. The van der Waals surface area contributed by atoms with E-state index >= 15 is 0 Å². The number of rotatable bonds is 6. The Bertz CT molecular complexity index is 985. The standard InChI is InChI=1S/C25H30N4O3/c30-23(29-13-6-20(7-14-29)16-19-4-2-1-3-5-19)17-28-11-8-21(9-12-28)24-26-27-25(32-24)22-10-15-31-18-22/h1-5,10,15,18,20-21H,6-9,11-14,16-17H2. The van der Waals surface area contributed by atoms with E-state index in [1.807, 2.05) is 6.07 Å². The van der Waals surface area contributed by atoms with Crippen molar-refractivity contribution in [2.45, 2.75) is 38.0 Å². The van der Waals surface area contributed by atoms with Gasteiger partial charge in [0.2, 0.25) is 11.8 Å². The molecule has 0 saturated carbocycles. The number of benzene rings is 1. The van der Waals surface area contributed by atoms with Gasteiger partial charge in [0.15, 0.2) is 0 Å². The summed E-state index contributed by atoms with van der Waals surface area (Å²) in [5.74, 6) is 2.39. The Balaban J connectivity index is 1.05. The molecule has 32 heavy (non-hydrogen) atoms. The number of furan rings is 1. The fourth-order valence-electron chi connectivity index (χ4n) is 4.87. The van der Waals surface area contributed by atoms with Crippen LogP contribution in [0.1, 0.15) is 43.1 Å². The lowest BCUT2D eigenvalue weighted by Gasteiger charge is -2.35. The van der Waals surface area contributed by atoms with E-state index in [2.05, 4.69) is 50.3 Å². The van der Waals surface area contributed by atoms with Crippen LogP contribution in [0.3, 0.4) is 0 Å². The van der Waals surface area contributed by atoms with Crippen LogP contribution in [0.4, 0.5) is 0 Å². The molecule has 7 heteroatoms. The quantitative estimate of drug-likeness (QED) is 0.584. The highest BCUT2D eigenvalue weighted by molar-refractivity contribution is 5.78. The van der Waals surface area contributed by atoms with Crippen LogP contribution < -0.4 is 0 Å². The van der Waals surface area contributed by atoms with E-state index in [4.69, 9.17) is 8.83 Å². The second-order valence-corrected chi connectivity index (χ2v) is 9.02. The fourth-order valence-corrected chi connectivity index (χ4v) is 4.87. The Labute approximate surface area is 188 Å². The average Bonchev–Trinajstić information content (AvgIpc) is 3.53. The predicted octanol–water partition coefficient (Wildman–Crippen LogP) is 3.99. The minimum absolute atomic E-state index is 0.253. The zero-order valence-electron chi connectivity index (χ0n) is 18.4. The lowest BCUT2D eigenvalue weighted by atomic mass is 9.90. The lowest BCUT2D eigenvalue weighted by Crippen LogP contribution is -2.46. The molecule has 0 spiro atoms. The van der Waals surface area contributed by atoms with Crippen LogP contribution in [0, 0.1) is 5.92 Å². The van der Waals surface area contributed by atoms with Crippen molar-refractivity contribution in [1.82, 2.24) is 20.0 Å². The Hall–Kier alpha value is -2.93. The first-order chi connectivity index (χ1) is 15.7.